The third kappa shape index (κ3) is 4.89. The minimum atomic E-state index is -1.10. The van der Waals surface area contributed by atoms with E-state index in [2.05, 4.69) is 11.9 Å². The van der Waals surface area contributed by atoms with Gasteiger partial charge >= 0.3 is 6.09 Å². The second-order valence-corrected chi connectivity index (χ2v) is 3.82. The van der Waals surface area contributed by atoms with E-state index in [-0.39, 0.29) is 6.61 Å². The Bertz CT molecular complexity index is 395. The highest BCUT2D eigenvalue weighted by Crippen LogP contribution is 2.18. The van der Waals surface area contributed by atoms with Crippen molar-refractivity contribution in [2.45, 2.75) is 6.04 Å². The SMILES string of the molecule is C=CCOCC(NC(=O)O)c1cccc(Cl)c1. The van der Waals surface area contributed by atoms with Gasteiger partial charge in [-0.05, 0) is 17.7 Å². The van der Waals surface area contributed by atoms with Gasteiger partial charge in [0, 0.05) is 5.02 Å². The van der Waals surface area contributed by atoms with Crippen LogP contribution in [0.5, 0.6) is 0 Å². The molecule has 1 unspecified atom stereocenters. The number of hydrogen-bond acceptors (Lipinski definition) is 2. The maximum absolute atomic E-state index is 10.7. The third-order valence-electron chi connectivity index (χ3n) is 2.07. The summed E-state index contributed by atoms with van der Waals surface area (Å²) in [5, 5.41) is 11.7. The van der Waals surface area contributed by atoms with Gasteiger partial charge in [-0.25, -0.2) is 4.79 Å². The molecule has 0 aliphatic heterocycles. The van der Waals surface area contributed by atoms with Gasteiger partial charge < -0.3 is 15.2 Å². The first-order valence-corrected chi connectivity index (χ1v) is 5.45. The van der Waals surface area contributed by atoms with Crippen molar-refractivity contribution in [2.24, 2.45) is 0 Å². The Labute approximate surface area is 105 Å². The Balaban J connectivity index is 2.74. The monoisotopic (exact) mass is 255 g/mol. The minimum Gasteiger partial charge on any atom is -0.465 e. The molecule has 0 aliphatic rings. The molecule has 0 saturated heterocycles. The standard InChI is InChI=1S/C12H14ClNO3/c1-2-6-17-8-11(14-12(15)16)9-4-3-5-10(13)7-9/h2-5,7,11,14H,1,6,8H2,(H,15,16). The van der Waals surface area contributed by atoms with Crippen LogP contribution in [-0.2, 0) is 4.74 Å². The van der Waals surface area contributed by atoms with Gasteiger partial charge in [0.2, 0.25) is 0 Å². The molecule has 0 saturated carbocycles. The lowest BCUT2D eigenvalue weighted by molar-refractivity contribution is 0.129. The summed E-state index contributed by atoms with van der Waals surface area (Å²) in [6.45, 7) is 4.13. The Hall–Kier alpha value is -1.52. The molecular formula is C12H14ClNO3. The molecule has 17 heavy (non-hydrogen) atoms. The van der Waals surface area contributed by atoms with Crippen LogP contribution in [0.15, 0.2) is 36.9 Å². The van der Waals surface area contributed by atoms with Crippen LogP contribution in [0.4, 0.5) is 4.79 Å². The topological polar surface area (TPSA) is 58.6 Å². The van der Waals surface area contributed by atoms with E-state index in [1.807, 2.05) is 0 Å². The molecule has 1 rings (SSSR count). The van der Waals surface area contributed by atoms with Gasteiger partial charge in [-0.3, -0.25) is 0 Å². The molecular weight excluding hydrogens is 242 g/mol. The highest BCUT2D eigenvalue weighted by Gasteiger charge is 2.14. The van der Waals surface area contributed by atoms with E-state index >= 15 is 0 Å². The van der Waals surface area contributed by atoms with Crippen LogP contribution < -0.4 is 5.32 Å². The lowest BCUT2D eigenvalue weighted by Gasteiger charge is -2.17. The van der Waals surface area contributed by atoms with Gasteiger partial charge in [-0.2, -0.15) is 0 Å². The molecule has 92 valence electrons. The first kappa shape index (κ1) is 13.5. The average molecular weight is 256 g/mol. The fourth-order valence-electron chi connectivity index (χ4n) is 1.36. The Kier molecular flexibility index (Phi) is 5.52. The van der Waals surface area contributed by atoms with Crippen LogP contribution in [-0.4, -0.2) is 24.4 Å². The molecule has 0 spiro atoms. The summed E-state index contributed by atoms with van der Waals surface area (Å²) in [5.41, 5.74) is 0.768. The largest absolute Gasteiger partial charge is 0.465 e. The molecule has 2 N–H and O–H groups in total. The number of ether oxygens (including phenoxy) is 1. The molecule has 0 heterocycles. The van der Waals surface area contributed by atoms with Crippen molar-refractivity contribution in [2.75, 3.05) is 13.2 Å². The van der Waals surface area contributed by atoms with Gasteiger partial charge in [0.25, 0.3) is 0 Å². The van der Waals surface area contributed by atoms with Gasteiger partial charge in [0.15, 0.2) is 0 Å². The summed E-state index contributed by atoms with van der Waals surface area (Å²) in [5.74, 6) is 0. The molecule has 4 nitrogen and oxygen atoms in total. The van der Waals surface area contributed by atoms with Crippen molar-refractivity contribution in [3.63, 3.8) is 0 Å². The van der Waals surface area contributed by atoms with Crippen molar-refractivity contribution in [3.05, 3.63) is 47.5 Å². The Morgan fingerprint density at radius 3 is 3.00 bits per heavy atom. The normalized spacial score (nSPS) is 11.8. The molecule has 1 amide bonds. The summed E-state index contributed by atoms with van der Waals surface area (Å²) in [6, 6.07) is 6.56. The van der Waals surface area contributed by atoms with Crippen LogP contribution in [0.2, 0.25) is 5.02 Å². The Morgan fingerprint density at radius 1 is 1.65 bits per heavy atom. The average Bonchev–Trinajstić information content (AvgIpc) is 2.27. The zero-order valence-electron chi connectivity index (χ0n) is 9.23. The van der Waals surface area contributed by atoms with E-state index in [4.69, 9.17) is 21.4 Å². The molecule has 0 bridgehead atoms. The second-order valence-electron chi connectivity index (χ2n) is 3.38. The summed E-state index contributed by atoms with van der Waals surface area (Å²) < 4.78 is 5.25. The van der Waals surface area contributed by atoms with Gasteiger partial charge in [0.1, 0.15) is 0 Å². The molecule has 0 aromatic heterocycles. The molecule has 0 fully saturated rings. The van der Waals surface area contributed by atoms with Crippen molar-refractivity contribution >= 4 is 17.7 Å². The van der Waals surface area contributed by atoms with Crippen LogP contribution in [0, 0.1) is 0 Å². The lowest BCUT2D eigenvalue weighted by atomic mass is 10.1. The molecule has 1 aromatic rings. The number of amides is 1. The predicted octanol–water partition coefficient (Wildman–Crippen LogP) is 2.85. The zero-order chi connectivity index (χ0) is 12.7. The van der Waals surface area contributed by atoms with E-state index in [9.17, 15) is 4.79 Å². The van der Waals surface area contributed by atoms with Crippen LogP contribution in [0.1, 0.15) is 11.6 Å². The van der Waals surface area contributed by atoms with Crippen molar-refractivity contribution in [3.8, 4) is 0 Å². The minimum absolute atomic E-state index is 0.235. The maximum Gasteiger partial charge on any atom is 0.405 e. The van der Waals surface area contributed by atoms with Crippen molar-refractivity contribution in [1.29, 1.82) is 0 Å². The first-order valence-electron chi connectivity index (χ1n) is 5.07. The Morgan fingerprint density at radius 2 is 2.41 bits per heavy atom. The van der Waals surface area contributed by atoms with E-state index in [1.54, 1.807) is 30.3 Å². The summed E-state index contributed by atoms with van der Waals surface area (Å²) in [7, 11) is 0. The smallest absolute Gasteiger partial charge is 0.405 e. The van der Waals surface area contributed by atoms with Crippen LogP contribution in [0.3, 0.4) is 0 Å². The maximum atomic E-state index is 10.7. The molecule has 1 aromatic carbocycles. The number of halogens is 1. The van der Waals surface area contributed by atoms with E-state index in [0.29, 0.717) is 11.6 Å². The molecule has 5 heteroatoms. The van der Waals surface area contributed by atoms with E-state index in [1.165, 1.54) is 0 Å². The first-order chi connectivity index (χ1) is 8.13. The highest BCUT2D eigenvalue weighted by atomic mass is 35.5. The fraction of sp³-hybridized carbons (Fsp3) is 0.250. The quantitative estimate of drug-likeness (QED) is 0.607. The van der Waals surface area contributed by atoms with E-state index < -0.39 is 12.1 Å². The predicted molar refractivity (Wildman–Crippen MR) is 66.4 cm³/mol. The highest BCUT2D eigenvalue weighted by molar-refractivity contribution is 6.30. The van der Waals surface area contributed by atoms with Gasteiger partial charge in [-0.1, -0.05) is 29.8 Å². The number of benzene rings is 1. The fourth-order valence-corrected chi connectivity index (χ4v) is 1.56. The zero-order valence-corrected chi connectivity index (χ0v) is 9.98. The second kappa shape index (κ2) is 6.93. The van der Waals surface area contributed by atoms with E-state index in [0.717, 1.165) is 5.56 Å². The van der Waals surface area contributed by atoms with Crippen LogP contribution in [0.25, 0.3) is 0 Å². The van der Waals surface area contributed by atoms with Gasteiger partial charge in [-0.15, -0.1) is 6.58 Å². The molecule has 0 radical (unpaired) electrons. The number of carboxylic acid groups (broad SMARTS) is 1. The summed E-state index contributed by atoms with van der Waals surface area (Å²) in [6.07, 6.45) is 0.507. The lowest BCUT2D eigenvalue weighted by Crippen LogP contribution is -2.30. The molecule has 0 aliphatic carbocycles. The summed E-state index contributed by atoms with van der Waals surface area (Å²) in [4.78, 5) is 10.7. The van der Waals surface area contributed by atoms with Crippen molar-refractivity contribution < 1.29 is 14.6 Å². The number of nitrogens with one attached hydrogen (secondary N) is 1. The number of carbonyl (C=O) groups is 1. The van der Waals surface area contributed by atoms with Crippen LogP contribution >= 0.6 is 11.6 Å². The number of rotatable bonds is 6. The van der Waals surface area contributed by atoms with Gasteiger partial charge in [0.05, 0.1) is 19.3 Å². The summed E-state index contributed by atoms with van der Waals surface area (Å²) >= 11 is 5.85. The van der Waals surface area contributed by atoms with Crippen molar-refractivity contribution in [1.82, 2.24) is 5.32 Å². The number of hydrogen-bond donors (Lipinski definition) is 2. The molecule has 1 atom stereocenters. The third-order valence-corrected chi connectivity index (χ3v) is 2.30.